The van der Waals surface area contributed by atoms with Gasteiger partial charge in [0.25, 0.3) is 0 Å². The van der Waals surface area contributed by atoms with Crippen LogP contribution in [0.2, 0.25) is 0 Å². The van der Waals surface area contributed by atoms with Crippen molar-refractivity contribution in [2.45, 2.75) is 43.5 Å². The van der Waals surface area contributed by atoms with Crippen LogP contribution in [-0.2, 0) is 25.7 Å². The number of carboxylic acids is 2. The zero-order valence-corrected chi connectivity index (χ0v) is 20.3. The van der Waals surface area contributed by atoms with E-state index in [9.17, 15) is 26.3 Å². The van der Waals surface area contributed by atoms with E-state index in [1.807, 2.05) is 18.2 Å². The van der Waals surface area contributed by atoms with Gasteiger partial charge in [-0.1, -0.05) is 0 Å². The molecule has 2 aliphatic rings. The Bertz CT molecular complexity index is 1060. The van der Waals surface area contributed by atoms with Crippen LogP contribution >= 0.6 is 0 Å². The van der Waals surface area contributed by atoms with E-state index in [2.05, 4.69) is 19.9 Å². The van der Waals surface area contributed by atoms with Gasteiger partial charge in [-0.25, -0.2) is 19.6 Å². The minimum Gasteiger partial charge on any atom is -0.481 e. The summed E-state index contributed by atoms with van der Waals surface area (Å²) in [6, 6.07) is 5.83. The van der Waals surface area contributed by atoms with Crippen molar-refractivity contribution in [3.8, 4) is 5.88 Å². The number of hydrogen-bond donors (Lipinski definition) is 2. The van der Waals surface area contributed by atoms with Crippen LogP contribution in [0, 0.1) is 0 Å². The van der Waals surface area contributed by atoms with Crippen molar-refractivity contribution in [1.82, 2.24) is 15.0 Å². The summed E-state index contributed by atoms with van der Waals surface area (Å²) in [5.41, 5.74) is 1.03. The van der Waals surface area contributed by atoms with Gasteiger partial charge in [-0.3, -0.25) is 4.98 Å². The summed E-state index contributed by atoms with van der Waals surface area (Å²) in [4.78, 5) is 32.4. The fourth-order valence-electron chi connectivity index (χ4n) is 3.46. The number of nitrogens with zero attached hydrogens (tertiary/aromatic N) is 4. The summed E-state index contributed by atoms with van der Waals surface area (Å²) in [5.74, 6) is -4.06. The molecule has 39 heavy (non-hydrogen) atoms. The van der Waals surface area contributed by atoms with Crippen LogP contribution in [0.15, 0.2) is 36.9 Å². The minimum absolute atomic E-state index is 0.126. The van der Waals surface area contributed by atoms with Crippen molar-refractivity contribution in [2.24, 2.45) is 0 Å². The fraction of sp³-hybridized carbons (Fsp3) is 0.500. The summed E-state index contributed by atoms with van der Waals surface area (Å²) in [6.07, 6.45) is -2.97. The molecule has 2 N–H and O–H groups in total. The number of ether oxygens (including phenoxy) is 3. The first-order valence-corrected chi connectivity index (χ1v) is 11.0. The number of pyridine rings is 1. The van der Waals surface area contributed by atoms with Gasteiger partial charge >= 0.3 is 24.3 Å². The van der Waals surface area contributed by atoms with Gasteiger partial charge < -0.3 is 29.3 Å². The molecule has 1 spiro atoms. The molecule has 2 aromatic rings. The molecule has 0 bridgehead atoms. The maximum absolute atomic E-state index is 10.6. The van der Waals surface area contributed by atoms with E-state index in [0.717, 1.165) is 43.9 Å². The van der Waals surface area contributed by atoms with E-state index in [-0.39, 0.29) is 11.7 Å². The molecular formula is C22H24F6N4O7. The number of aliphatic carboxylic acids is 2. The highest BCUT2D eigenvalue weighted by molar-refractivity contribution is 5.73. The van der Waals surface area contributed by atoms with Crippen molar-refractivity contribution in [3.63, 3.8) is 0 Å². The van der Waals surface area contributed by atoms with Crippen molar-refractivity contribution in [2.75, 3.05) is 31.7 Å². The van der Waals surface area contributed by atoms with E-state index >= 15 is 0 Å². The molecule has 2 aliphatic heterocycles. The number of halogens is 6. The van der Waals surface area contributed by atoms with Gasteiger partial charge in [0.2, 0.25) is 5.88 Å². The van der Waals surface area contributed by atoms with Gasteiger partial charge in [-0.2, -0.15) is 26.3 Å². The second-order valence-corrected chi connectivity index (χ2v) is 8.19. The fourth-order valence-corrected chi connectivity index (χ4v) is 3.46. The second-order valence-electron chi connectivity index (χ2n) is 8.19. The summed E-state index contributed by atoms with van der Waals surface area (Å²) in [6.45, 7) is 3.00. The SMILES string of the molecule is COc1cc(N2CC3(CC(OCc4ccncc4)CCO3)C2)ncn1.O=C(O)C(F)(F)F.O=C(O)C(F)(F)F. The van der Waals surface area contributed by atoms with E-state index in [0.29, 0.717) is 12.5 Å². The monoisotopic (exact) mass is 570 g/mol. The Balaban J connectivity index is 0.000000317. The Hall–Kier alpha value is -3.73. The van der Waals surface area contributed by atoms with Gasteiger partial charge in [0, 0.05) is 31.5 Å². The van der Waals surface area contributed by atoms with Crippen LogP contribution < -0.4 is 9.64 Å². The first-order valence-electron chi connectivity index (χ1n) is 11.0. The quantitative estimate of drug-likeness (QED) is 0.512. The van der Waals surface area contributed by atoms with E-state index in [1.165, 1.54) is 6.33 Å². The highest BCUT2D eigenvalue weighted by atomic mass is 19.4. The standard InChI is InChI=1S/C18H22N4O3.2C2HF3O2/c1-23-17-8-16(20-13-21-17)22-11-18(12-22)9-15(4-7-25-18)24-10-14-2-5-19-6-3-14;2*3-2(4,5)1(6)7/h2-3,5-6,8,13,15H,4,7,9-12H2,1H3;2*(H,6,7). The summed E-state index contributed by atoms with van der Waals surface area (Å²) >= 11 is 0. The zero-order chi connectivity index (χ0) is 29.3. The second kappa shape index (κ2) is 13.4. The maximum Gasteiger partial charge on any atom is 0.490 e. The molecule has 1 unspecified atom stereocenters. The number of aromatic nitrogens is 3. The lowest BCUT2D eigenvalue weighted by molar-refractivity contribution is -0.193. The molecule has 2 saturated heterocycles. The van der Waals surface area contributed by atoms with Gasteiger partial charge in [0.1, 0.15) is 17.7 Å². The Morgan fingerprint density at radius 1 is 1.08 bits per heavy atom. The third kappa shape index (κ3) is 10.2. The highest BCUT2D eigenvalue weighted by Gasteiger charge is 2.48. The number of hydrogen-bond acceptors (Lipinski definition) is 9. The van der Waals surface area contributed by atoms with Crippen LogP contribution in [-0.4, -0.2) is 88.0 Å². The number of carboxylic acid groups (broad SMARTS) is 2. The maximum atomic E-state index is 10.6. The van der Waals surface area contributed by atoms with Crippen LogP contribution in [0.3, 0.4) is 0 Å². The molecule has 0 radical (unpaired) electrons. The topological polar surface area (TPSA) is 144 Å². The lowest BCUT2D eigenvalue weighted by Gasteiger charge is -2.53. The Labute approximate surface area is 217 Å². The van der Waals surface area contributed by atoms with Gasteiger partial charge in [-0.15, -0.1) is 0 Å². The Kier molecular flexibility index (Phi) is 10.8. The average Bonchev–Trinajstić information content (AvgIpc) is 2.86. The number of carbonyl (C=O) groups is 2. The minimum atomic E-state index is -5.08. The molecule has 11 nitrogen and oxygen atoms in total. The Morgan fingerprint density at radius 3 is 2.15 bits per heavy atom. The number of methoxy groups -OCH3 is 1. The van der Waals surface area contributed by atoms with Crippen molar-refractivity contribution in [3.05, 3.63) is 42.5 Å². The molecule has 0 saturated carbocycles. The first-order chi connectivity index (χ1) is 18.1. The summed E-state index contributed by atoms with van der Waals surface area (Å²) in [7, 11) is 1.61. The van der Waals surface area contributed by atoms with Crippen molar-refractivity contribution in [1.29, 1.82) is 0 Å². The molecule has 0 aromatic carbocycles. The van der Waals surface area contributed by atoms with E-state index < -0.39 is 24.3 Å². The van der Waals surface area contributed by atoms with E-state index in [4.69, 9.17) is 34.0 Å². The molecule has 216 valence electrons. The van der Waals surface area contributed by atoms with E-state index in [1.54, 1.807) is 19.5 Å². The largest absolute Gasteiger partial charge is 0.490 e. The smallest absolute Gasteiger partial charge is 0.481 e. The van der Waals surface area contributed by atoms with Gasteiger partial charge in [-0.05, 0) is 24.1 Å². The molecule has 2 fully saturated rings. The number of anilines is 1. The molecule has 17 heteroatoms. The van der Waals surface area contributed by atoms with Crippen LogP contribution in [0.1, 0.15) is 18.4 Å². The molecule has 1 atom stereocenters. The molecule has 4 rings (SSSR count). The van der Waals surface area contributed by atoms with Gasteiger partial charge in [0.15, 0.2) is 0 Å². The highest BCUT2D eigenvalue weighted by Crippen LogP contribution is 2.37. The predicted octanol–water partition coefficient (Wildman–Crippen LogP) is 3.10. The molecular weight excluding hydrogens is 546 g/mol. The third-order valence-corrected chi connectivity index (χ3v) is 5.29. The van der Waals surface area contributed by atoms with Crippen LogP contribution in [0.25, 0.3) is 0 Å². The van der Waals surface area contributed by atoms with Crippen LogP contribution in [0.5, 0.6) is 5.88 Å². The van der Waals surface area contributed by atoms with Crippen molar-refractivity contribution >= 4 is 17.8 Å². The zero-order valence-electron chi connectivity index (χ0n) is 20.3. The lowest BCUT2D eigenvalue weighted by atomic mass is 9.84. The summed E-state index contributed by atoms with van der Waals surface area (Å²) in [5, 5.41) is 14.2. The average molecular weight is 570 g/mol. The predicted molar refractivity (Wildman–Crippen MR) is 119 cm³/mol. The first kappa shape index (κ1) is 31.5. The molecule has 0 amide bonds. The molecule has 2 aromatic heterocycles. The molecule has 4 heterocycles. The summed E-state index contributed by atoms with van der Waals surface area (Å²) < 4.78 is 80.8. The van der Waals surface area contributed by atoms with Gasteiger partial charge in [0.05, 0.1) is 32.9 Å². The van der Waals surface area contributed by atoms with Crippen LogP contribution in [0.4, 0.5) is 32.2 Å². The number of rotatable bonds is 5. The Morgan fingerprint density at radius 2 is 1.64 bits per heavy atom. The number of alkyl halides is 6. The lowest BCUT2D eigenvalue weighted by Crippen LogP contribution is -2.66. The third-order valence-electron chi connectivity index (χ3n) is 5.29. The molecule has 0 aliphatic carbocycles. The normalized spacial score (nSPS) is 18.0. The van der Waals surface area contributed by atoms with Crippen molar-refractivity contribution < 1.29 is 60.4 Å².